The highest BCUT2D eigenvalue weighted by Crippen LogP contribution is 2.61. The molecule has 200 valence electrons. The Morgan fingerprint density at radius 2 is 0.917 bits per heavy atom. The average Bonchev–Trinajstić information content (AvgIpc) is 3.06. The third-order valence-corrected chi connectivity index (χ3v) is 13.2. The summed E-state index contributed by atoms with van der Waals surface area (Å²) in [7, 11) is 0.666. The molecule has 0 aliphatic carbocycles. The molecule has 1 heterocycles. The molecule has 2 aromatic carbocycles. The van der Waals surface area contributed by atoms with Gasteiger partial charge < -0.3 is 0 Å². The maximum atomic E-state index is 2.57. The van der Waals surface area contributed by atoms with Crippen LogP contribution in [0.25, 0.3) is 0 Å². The molecule has 0 saturated heterocycles. The maximum absolute atomic E-state index is 2.57. The molecule has 2 unspecified atom stereocenters. The van der Waals surface area contributed by atoms with Gasteiger partial charge in [0.1, 0.15) is 0 Å². The Labute approximate surface area is 227 Å². The van der Waals surface area contributed by atoms with E-state index in [-0.39, 0.29) is 34.7 Å². The van der Waals surface area contributed by atoms with Crippen LogP contribution in [0.15, 0.2) is 24.3 Å². The van der Waals surface area contributed by atoms with E-state index in [1.54, 1.807) is 32.9 Å². The van der Waals surface area contributed by atoms with Gasteiger partial charge in [-0.15, -0.1) is 0 Å². The molecule has 2 aromatic rings. The van der Waals surface area contributed by atoms with Crippen molar-refractivity contribution in [2.24, 2.45) is 0 Å². The van der Waals surface area contributed by atoms with Gasteiger partial charge in [0.15, 0.2) is 0 Å². The lowest BCUT2D eigenvalue weighted by atomic mass is 9.75. The van der Waals surface area contributed by atoms with Crippen molar-refractivity contribution in [3.63, 3.8) is 0 Å². The van der Waals surface area contributed by atoms with Crippen molar-refractivity contribution in [2.45, 2.75) is 137 Å². The van der Waals surface area contributed by atoms with Crippen LogP contribution in [0.4, 0.5) is 0 Å². The maximum Gasteiger partial charge on any atom is -0.0125 e. The zero-order valence-corrected chi connectivity index (χ0v) is 28.1. The Hall–Kier alpha value is -0.700. The normalized spacial score (nSPS) is 17.8. The van der Waals surface area contributed by atoms with Crippen LogP contribution in [-0.2, 0) is 33.5 Å². The standard InChI is InChI=1S/C34H54P2/c1-30(2,3)23-18-22-16-17-36(29(22)27(21-23)34(13,14)15)35-28-25(32(7,8)9)19-24(31(4,5)6)20-26(28)33(10,11)12/h18-21,35H,16-17H2,1-15H3. The van der Waals surface area contributed by atoms with Crippen LogP contribution >= 0.6 is 15.9 Å². The molecule has 36 heavy (non-hydrogen) atoms. The van der Waals surface area contributed by atoms with Crippen LogP contribution in [0.5, 0.6) is 0 Å². The highest BCUT2D eigenvalue weighted by atomic mass is 32.0. The summed E-state index contributed by atoms with van der Waals surface area (Å²) in [5, 5.41) is 3.41. The highest BCUT2D eigenvalue weighted by molar-refractivity contribution is 8.28. The number of rotatable bonds is 2. The van der Waals surface area contributed by atoms with Crippen molar-refractivity contribution in [3.8, 4) is 0 Å². The quantitative estimate of drug-likeness (QED) is 0.343. The first-order valence-corrected chi connectivity index (χ1v) is 17.3. The Morgan fingerprint density at radius 3 is 1.31 bits per heavy atom. The third-order valence-electron chi connectivity index (χ3n) is 7.60. The molecule has 0 N–H and O–H groups in total. The average molecular weight is 525 g/mol. The molecule has 1 aliphatic heterocycles. The van der Waals surface area contributed by atoms with Crippen molar-refractivity contribution in [1.82, 2.24) is 0 Å². The minimum atomic E-state index is -0.207. The highest BCUT2D eigenvalue weighted by Gasteiger charge is 2.35. The second-order valence-electron chi connectivity index (χ2n) is 16.2. The summed E-state index contributed by atoms with van der Waals surface area (Å²) < 4.78 is 0. The summed E-state index contributed by atoms with van der Waals surface area (Å²) in [5.74, 6) is 0. The Balaban J connectivity index is 2.26. The fraction of sp³-hybridized carbons (Fsp3) is 0.647. The van der Waals surface area contributed by atoms with Crippen LogP contribution in [0.1, 0.15) is 137 Å². The first kappa shape index (κ1) is 29.9. The minimum Gasteiger partial charge on any atom is -0.0595 e. The SMILES string of the molecule is CC(C)(C)c1cc(C(C)(C)C)c(PP2CCc3cc(C(C)(C)C)cc(C(C)(C)C)c32)c(C(C)(C)C)c1. The van der Waals surface area contributed by atoms with Gasteiger partial charge in [0.25, 0.3) is 0 Å². The van der Waals surface area contributed by atoms with E-state index in [2.05, 4.69) is 128 Å². The van der Waals surface area contributed by atoms with Crippen LogP contribution in [0, 0.1) is 0 Å². The fourth-order valence-electron chi connectivity index (χ4n) is 5.18. The van der Waals surface area contributed by atoms with Crippen LogP contribution < -0.4 is 10.6 Å². The van der Waals surface area contributed by atoms with Gasteiger partial charge in [0, 0.05) is 0 Å². The number of aryl methyl sites for hydroxylation is 1. The second-order valence-corrected chi connectivity index (χ2v) is 21.0. The van der Waals surface area contributed by atoms with E-state index in [0.29, 0.717) is 0 Å². The summed E-state index contributed by atoms with van der Waals surface area (Å²) in [6.45, 7) is 36.0. The number of fused-ring (bicyclic) bond motifs is 1. The van der Waals surface area contributed by atoms with Gasteiger partial charge in [-0.3, -0.25) is 0 Å². The van der Waals surface area contributed by atoms with E-state index in [1.807, 2.05) is 0 Å². The molecule has 0 aromatic heterocycles. The lowest BCUT2D eigenvalue weighted by Crippen LogP contribution is -2.30. The molecule has 2 atom stereocenters. The van der Waals surface area contributed by atoms with Crippen molar-refractivity contribution >= 4 is 26.5 Å². The Bertz CT molecular complexity index is 1080. The molecular weight excluding hydrogens is 470 g/mol. The van der Waals surface area contributed by atoms with Gasteiger partial charge >= 0.3 is 0 Å². The van der Waals surface area contributed by atoms with E-state index in [0.717, 1.165) is 8.27 Å². The number of benzene rings is 2. The summed E-state index contributed by atoms with van der Waals surface area (Å²) in [5.41, 5.74) is 10.2. The molecule has 0 amide bonds. The van der Waals surface area contributed by atoms with E-state index in [9.17, 15) is 0 Å². The third kappa shape index (κ3) is 6.29. The molecular formula is C34H54P2. The minimum absolute atomic E-state index is 0.129. The van der Waals surface area contributed by atoms with E-state index < -0.39 is 0 Å². The van der Waals surface area contributed by atoms with Gasteiger partial charge in [-0.1, -0.05) is 136 Å². The molecule has 1 aliphatic rings. The molecule has 0 spiro atoms. The molecule has 0 bridgehead atoms. The van der Waals surface area contributed by atoms with Crippen molar-refractivity contribution < 1.29 is 0 Å². The van der Waals surface area contributed by atoms with E-state index >= 15 is 0 Å². The van der Waals surface area contributed by atoms with E-state index in [1.165, 1.54) is 23.7 Å². The summed E-state index contributed by atoms with van der Waals surface area (Å²) in [4.78, 5) is 0. The molecule has 0 fully saturated rings. The predicted molar refractivity (Wildman–Crippen MR) is 169 cm³/mol. The van der Waals surface area contributed by atoms with Crippen molar-refractivity contribution in [1.29, 1.82) is 0 Å². The summed E-state index contributed by atoms with van der Waals surface area (Å²) in [6.07, 6.45) is 2.59. The predicted octanol–water partition coefficient (Wildman–Crippen LogP) is 9.76. The Morgan fingerprint density at radius 1 is 0.528 bits per heavy atom. The Kier molecular flexibility index (Phi) is 7.87. The van der Waals surface area contributed by atoms with Gasteiger partial charge in [-0.25, -0.2) is 0 Å². The van der Waals surface area contributed by atoms with Gasteiger partial charge in [-0.2, -0.15) is 0 Å². The largest absolute Gasteiger partial charge is 0.0595 e. The van der Waals surface area contributed by atoms with Crippen LogP contribution in [-0.4, -0.2) is 6.16 Å². The van der Waals surface area contributed by atoms with Gasteiger partial charge in [-0.05, 0) is 91.3 Å². The first-order valence-electron chi connectivity index (χ1n) is 13.9. The van der Waals surface area contributed by atoms with Gasteiger partial charge in [0.2, 0.25) is 0 Å². The van der Waals surface area contributed by atoms with E-state index in [4.69, 9.17) is 0 Å². The van der Waals surface area contributed by atoms with Crippen molar-refractivity contribution in [2.75, 3.05) is 6.16 Å². The smallest absolute Gasteiger partial charge is 0.0125 e. The lowest BCUT2D eigenvalue weighted by molar-refractivity contribution is 0.554. The second kappa shape index (κ2) is 9.49. The molecule has 0 saturated carbocycles. The zero-order chi connectivity index (χ0) is 27.6. The first-order chi connectivity index (χ1) is 16.0. The van der Waals surface area contributed by atoms with Crippen molar-refractivity contribution in [3.05, 3.63) is 57.6 Å². The lowest BCUT2D eigenvalue weighted by Gasteiger charge is -2.35. The summed E-state index contributed by atoms with van der Waals surface area (Å²) >= 11 is 0. The monoisotopic (exact) mass is 524 g/mol. The molecule has 2 heteroatoms. The van der Waals surface area contributed by atoms with Crippen LogP contribution in [0.2, 0.25) is 0 Å². The molecule has 0 radical (unpaired) electrons. The van der Waals surface area contributed by atoms with Crippen LogP contribution in [0.3, 0.4) is 0 Å². The fourth-order valence-corrected chi connectivity index (χ4v) is 12.0. The molecule has 0 nitrogen and oxygen atoms in total. The topological polar surface area (TPSA) is 0 Å². The number of hydrogen-bond acceptors (Lipinski definition) is 0. The van der Waals surface area contributed by atoms with Gasteiger partial charge in [0.05, 0.1) is 0 Å². The summed E-state index contributed by atoms with van der Waals surface area (Å²) in [6, 6.07) is 10.3. The number of hydrogen-bond donors (Lipinski definition) is 0. The molecule has 3 rings (SSSR count). The zero-order valence-electron chi connectivity index (χ0n) is 26.2.